The molecule has 7 heteroatoms. The van der Waals surface area contributed by atoms with Crippen LogP contribution < -0.4 is 10.6 Å². The zero-order valence-electron chi connectivity index (χ0n) is 10.4. The molecule has 104 valence electrons. The number of hydrogen-bond donors (Lipinski definition) is 3. The second-order valence-electron chi connectivity index (χ2n) is 3.71. The van der Waals surface area contributed by atoms with Gasteiger partial charge < -0.3 is 20.5 Å². The number of anilines is 1. The molecule has 0 aliphatic carbocycles. The van der Waals surface area contributed by atoms with E-state index in [9.17, 15) is 9.59 Å². The van der Waals surface area contributed by atoms with E-state index in [0.29, 0.717) is 18.2 Å². The number of ether oxygens (including phenoxy) is 1. The lowest BCUT2D eigenvalue weighted by atomic mass is 10.2. The van der Waals surface area contributed by atoms with E-state index in [1.165, 1.54) is 18.2 Å². The van der Waals surface area contributed by atoms with E-state index in [4.69, 9.17) is 21.4 Å². The Morgan fingerprint density at radius 2 is 2.16 bits per heavy atom. The molecule has 0 bridgehead atoms. The molecule has 6 nitrogen and oxygen atoms in total. The molecule has 0 radical (unpaired) electrons. The van der Waals surface area contributed by atoms with Gasteiger partial charge in [-0.1, -0.05) is 11.6 Å². The zero-order chi connectivity index (χ0) is 14.3. The lowest BCUT2D eigenvalue weighted by molar-refractivity contribution is -0.115. The van der Waals surface area contributed by atoms with Crippen LogP contribution in [0.2, 0.25) is 5.02 Å². The van der Waals surface area contributed by atoms with Crippen LogP contribution in [0.1, 0.15) is 10.4 Å². The number of rotatable bonds is 7. The van der Waals surface area contributed by atoms with Gasteiger partial charge in [0.15, 0.2) is 0 Å². The summed E-state index contributed by atoms with van der Waals surface area (Å²) in [5.41, 5.74) is 0.174. The fraction of sp³-hybridized carbons (Fsp3) is 0.333. The van der Waals surface area contributed by atoms with Crippen LogP contribution in [0.25, 0.3) is 0 Å². The number of methoxy groups -OCH3 is 1. The molecule has 0 atom stereocenters. The molecule has 1 amide bonds. The van der Waals surface area contributed by atoms with Gasteiger partial charge in [-0.25, -0.2) is 4.79 Å². The molecular weight excluding hydrogens is 272 g/mol. The molecule has 0 saturated heterocycles. The maximum absolute atomic E-state index is 11.6. The molecule has 0 fully saturated rings. The third-order valence-electron chi connectivity index (χ3n) is 2.25. The van der Waals surface area contributed by atoms with Crippen molar-refractivity contribution in [2.24, 2.45) is 0 Å². The molecule has 1 aromatic rings. The zero-order valence-corrected chi connectivity index (χ0v) is 11.2. The maximum Gasteiger partial charge on any atom is 0.337 e. The minimum absolute atomic E-state index is 0.00496. The second kappa shape index (κ2) is 7.73. The predicted molar refractivity (Wildman–Crippen MR) is 71.8 cm³/mol. The van der Waals surface area contributed by atoms with E-state index in [1.807, 2.05) is 0 Å². The topological polar surface area (TPSA) is 87.7 Å². The number of carboxylic acids is 1. The first-order valence-corrected chi connectivity index (χ1v) is 5.94. The first-order valence-electron chi connectivity index (χ1n) is 5.57. The van der Waals surface area contributed by atoms with E-state index in [-0.39, 0.29) is 23.7 Å². The van der Waals surface area contributed by atoms with Crippen LogP contribution in [-0.2, 0) is 9.53 Å². The number of halogens is 1. The van der Waals surface area contributed by atoms with E-state index in [2.05, 4.69) is 10.6 Å². The Bertz CT molecular complexity index is 465. The van der Waals surface area contributed by atoms with Gasteiger partial charge in [-0.3, -0.25) is 4.79 Å². The summed E-state index contributed by atoms with van der Waals surface area (Å²) >= 11 is 5.77. The van der Waals surface area contributed by atoms with Crippen LogP contribution >= 0.6 is 11.6 Å². The number of carbonyl (C=O) groups is 2. The lowest BCUT2D eigenvalue weighted by Crippen LogP contribution is -2.30. The summed E-state index contributed by atoms with van der Waals surface area (Å²) < 4.78 is 4.82. The first-order chi connectivity index (χ1) is 9.04. The van der Waals surface area contributed by atoms with Crippen LogP contribution in [0.15, 0.2) is 18.2 Å². The van der Waals surface area contributed by atoms with Crippen LogP contribution in [0.5, 0.6) is 0 Å². The summed E-state index contributed by atoms with van der Waals surface area (Å²) in [7, 11) is 1.56. The van der Waals surface area contributed by atoms with Crippen LogP contribution in [0.3, 0.4) is 0 Å². The van der Waals surface area contributed by atoms with E-state index in [0.717, 1.165) is 0 Å². The number of nitrogens with one attached hydrogen (secondary N) is 2. The van der Waals surface area contributed by atoms with Crippen molar-refractivity contribution >= 4 is 29.2 Å². The largest absolute Gasteiger partial charge is 0.478 e. The number of hydrogen-bond acceptors (Lipinski definition) is 4. The van der Waals surface area contributed by atoms with E-state index >= 15 is 0 Å². The average molecular weight is 287 g/mol. The summed E-state index contributed by atoms with van der Waals surface area (Å²) in [5.74, 6) is -1.47. The molecule has 0 aliphatic heterocycles. The van der Waals surface area contributed by atoms with Crippen molar-refractivity contribution in [3.8, 4) is 0 Å². The molecule has 19 heavy (non-hydrogen) atoms. The second-order valence-corrected chi connectivity index (χ2v) is 4.15. The van der Waals surface area contributed by atoms with Crippen molar-refractivity contribution in [2.75, 3.05) is 32.1 Å². The third kappa shape index (κ3) is 5.25. The summed E-state index contributed by atoms with van der Waals surface area (Å²) in [6, 6.07) is 4.20. The van der Waals surface area contributed by atoms with Gasteiger partial charge in [0.25, 0.3) is 0 Å². The fourth-order valence-electron chi connectivity index (χ4n) is 1.38. The van der Waals surface area contributed by atoms with E-state index < -0.39 is 5.97 Å². The standard InChI is InChI=1S/C12H15ClN2O4/c1-19-5-4-14-7-11(16)15-10-6-8(13)2-3-9(10)12(17)18/h2-3,6,14H,4-5,7H2,1H3,(H,15,16)(H,17,18). The smallest absolute Gasteiger partial charge is 0.337 e. The van der Waals surface area contributed by atoms with Gasteiger partial charge in [0.1, 0.15) is 0 Å². The minimum atomic E-state index is -1.13. The van der Waals surface area contributed by atoms with Gasteiger partial charge in [0.2, 0.25) is 5.91 Å². The molecule has 3 N–H and O–H groups in total. The summed E-state index contributed by atoms with van der Waals surface area (Å²) in [4.78, 5) is 22.6. The maximum atomic E-state index is 11.6. The molecule has 0 saturated carbocycles. The Labute approximate surface area is 115 Å². The Morgan fingerprint density at radius 3 is 2.79 bits per heavy atom. The summed E-state index contributed by atoms with van der Waals surface area (Å²) in [6.45, 7) is 1.09. The Kier molecular flexibility index (Phi) is 6.27. The van der Waals surface area contributed by atoms with Gasteiger partial charge >= 0.3 is 5.97 Å². The molecule has 0 aromatic heterocycles. The van der Waals surface area contributed by atoms with Gasteiger partial charge in [-0.15, -0.1) is 0 Å². The van der Waals surface area contributed by atoms with Crippen molar-refractivity contribution in [1.29, 1.82) is 0 Å². The summed E-state index contributed by atoms with van der Waals surface area (Å²) in [5, 5.41) is 14.7. The molecular formula is C12H15ClN2O4. The Morgan fingerprint density at radius 1 is 1.42 bits per heavy atom. The molecule has 1 aromatic carbocycles. The summed E-state index contributed by atoms with van der Waals surface area (Å²) in [6.07, 6.45) is 0. The van der Waals surface area contributed by atoms with Crippen LogP contribution in [0, 0.1) is 0 Å². The van der Waals surface area contributed by atoms with Crippen molar-refractivity contribution in [2.45, 2.75) is 0 Å². The number of amides is 1. The van der Waals surface area contributed by atoms with Gasteiger partial charge in [0.05, 0.1) is 24.4 Å². The van der Waals surface area contributed by atoms with Crippen molar-refractivity contribution in [3.05, 3.63) is 28.8 Å². The predicted octanol–water partition coefficient (Wildman–Crippen LogP) is 1.21. The fourth-order valence-corrected chi connectivity index (χ4v) is 1.55. The Balaban J connectivity index is 2.62. The number of benzene rings is 1. The highest BCUT2D eigenvalue weighted by Gasteiger charge is 2.12. The number of aromatic carboxylic acids is 1. The van der Waals surface area contributed by atoms with Crippen molar-refractivity contribution < 1.29 is 19.4 Å². The molecule has 0 unspecified atom stereocenters. The van der Waals surface area contributed by atoms with Gasteiger partial charge in [-0.05, 0) is 18.2 Å². The van der Waals surface area contributed by atoms with E-state index in [1.54, 1.807) is 7.11 Å². The highest BCUT2D eigenvalue weighted by Crippen LogP contribution is 2.20. The minimum Gasteiger partial charge on any atom is -0.478 e. The quantitative estimate of drug-likeness (QED) is 0.656. The first kappa shape index (κ1) is 15.4. The number of carbonyl (C=O) groups excluding carboxylic acids is 1. The van der Waals surface area contributed by atoms with Crippen molar-refractivity contribution in [1.82, 2.24) is 5.32 Å². The van der Waals surface area contributed by atoms with Crippen LogP contribution in [-0.4, -0.2) is 43.8 Å². The molecule has 0 aliphatic rings. The molecule has 1 rings (SSSR count). The van der Waals surface area contributed by atoms with Gasteiger partial charge in [-0.2, -0.15) is 0 Å². The molecule has 0 spiro atoms. The Hall–Kier alpha value is -1.63. The van der Waals surface area contributed by atoms with Crippen LogP contribution in [0.4, 0.5) is 5.69 Å². The SMILES string of the molecule is COCCNCC(=O)Nc1cc(Cl)ccc1C(=O)O. The normalized spacial score (nSPS) is 10.2. The third-order valence-corrected chi connectivity index (χ3v) is 2.49. The monoisotopic (exact) mass is 286 g/mol. The number of carboxylic acid groups (broad SMARTS) is 1. The average Bonchev–Trinajstić information content (AvgIpc) is 2.34. The highest BCUT2D eigenvalue weighted by atomic mass is 35.5. The lowest BCUT2D eigenvalue weighted by Gasteiger charge is -2.09. The highest BCUT2D eigenvalue weighted by molar-refractivity contribution is 6.31. The van der Waals surface area contributed by atoms with Gasteiger partial charge in [0, 0.05) is 18.7 Å². The van der Waals surface area contributed by atoms with Crippen molar-refractivity contribution in [3.63, 3.8) is 0 Å². The molecule has 0 heterocycles.